The zero-order valence-corrected chi connectivity index (χ0v) is 17.5. The van der Waals surface area contributed by atoms with Crippen LogP contribution in [-0.2, 0) is 9.53 Å². The molecule has 2 aliphatic rings. The molecule has 6 heteroatoms. The first kappa shape index (κ1) is 20.3. The molecule has 0 aliphatic heterocycles. The van der Waals surface area contributed by atoms with Crippen LogP contribution < -0.4 is 14.8 Å². The molecule has 0 saturated heterocycles. The average Bonchev–Trinajstić information content (AvgIpc) is 3.39. The van der Waals surface area contributed by atoms with Crippen molar-refractivity contribution in [2.75, 3.05) is 21.3 Å². The lowest BCUT2D eigenvalue weighted by atomic mass is 9.69. The number of hydrogen-bond donors (Lipinski definition) is 1. The Morgan fingerprint density at radius 3 is 2.37 bits per heavy atom. The van der Waals surface area contributed by atoms with Gasteiger partial charge >= 0.3 is 5.97 Å². The Morgan fingerprint density at radius 1 is 0.967 bits per heavy atom. The van der Waals surface area contributed by atoms with Crippen LogP contribution in [-0.4, -0.2) is 38.7 Å². The van der Waals surface area contributed by atoms with Crippen molar-refractivity contribution in [2.45, 2.75) is 30.7 Å². The van der Waals surface area contributed by atoms with Gasteiger partial charge in [0.25, 0.3) is 5.91 Å². The Morgan fingerprint density at radius 2 is 1.70 bits per heavy atom. The monoisotopic (exact) mass is 409 g/mol. The molecule has 2 fully saturated rings. The fourth-order valence-corrected chi connectivity index (χ4v) is 5.48. The van der Waals surface area contributed by atoms with Gasteiger partial charge in [-0.15, -0.1) is 0 Å². The standard InChI is InChI=1S/C24H27NO5/c1-28-19-12-10-17(14-20(19)29-2)21-16-9-11-18(13-16)24(21,23(27)30-3)25-22(26)15-7-5-4-6-8-15/h4-8,10,12,14,16,18,21H,9,11,13H2,1-3H3,(H,25,26)/t16-,18+,21-,24-/m0/s1. The summed E-state index contributed by atoms with van der Waals surface area (Å²) in [6.45, 7) is 0. The molecular weight excluding hydrogens is 382 g/mol. The molecular formula is C24H27NO5. The molecule has 2 bridgehead atoms. The van der Waals surface area contributed by atoms with Crippen LogP contribution in [0.15, 0.2) is 48.5 Å². The molecule has 0 radical (unpaired) electrons. The number of benzene rings is 2. The van der Waals surface area contributed by atoms with Crippen molar-refractivity contribution in [3.63, 3.8) is 0 Å². The quantitative estimate of drug-likeness (QED) is 0.739. The molecule has 6 nitrogen and oxygen atoms in total. The van der Waals surface area contributed by atoms with Crippen LogP contribution >= 0.6 is 0 Å². The van der Waals surface area contributed by atoms with Gasteiger partial charge in [-0.3, -0.25) is 4.79 Å². The van der Waals surface area contributed by atoms with E-state index in [0.29, 0.717) is 17.1 Å². The first-order chi connectivity index (χ1) is 14.5. The summed E-state index contributed by atoms with van der Waals surface area (Å²) < 4.78 is 16.1. The molecule has 2 saturated carbocycles. The van der Waals surface area contributed by atoms with Crippen molar-refractivity contribution in [3.8, 4) is 11.5 Å². The van der Waals surface area contributed by atoms with E-state index in [1.807, 2.05) is 36.4 Å². The van der Waals surface area contributed by atoms with E-state index < -0.39 is 11.5 Å². The minimum absolute atomic E-state index is 0.0284. The summed E-state index contributed by atoms with van der Waals surface area (Å²) in [6, 6.07) is 14.7. The van der Waals surface area contributed by atoms with Gasteiger partial charge in [0.2, 0.25) is 0 Å². The van der Waals surface area contributed by atoms with Gasteiger partial charge in [0.05, 0.1) is 21.3 Å². The number of fused-ring (bicyclic) bond motifs is 2. The molecule has 4 atom stereocenters. The summed E-state index contributed by atoms with van der Waals surface area (Å²) in [6.07, 6.45) is 2.78. The summed E-state index contributed by atoms with van der Waals surface area (Å²) in [7, 11) is 4.57. The van der Waals surface area contributed by atoms with Crippen molar-refractivity contribution in [3.05, 3.63) is 59.7 Å². The summed E-state index contributed by atoms with van der Waals surface area (Å²) in [5.41, 5.74) is 0.359. The molecule has 0 heterocycles. The highest BCUT2D eigenvalue weighted by atomic mass is 16.5. The van der Waals surface area contributed by atoms with Gasteiger partial charge in [-0.05, 0) is 60.9 Å². The lowest BCUT2D eigenvalue weighted by Gasteiger charge is -2.42. The van der Waals surface area contributed by atoms with Crippen LogP contribution in [0, 0.1) is 11.8 Å². The van der Waals surface area contributed by atoms with Crippen LogP contribution in [0.2, 0.25) is 0 Å². The van der Waals surface area contributed by atoms with Crippen LogP contribution in [0.4, 0.5) is 0 Å². The molecule has 158 valence electrons. The summed E-state index contributed by atoms with van der Waals surface area (Å²) in [5, 5.41) is 3.12. The van der Waals surface area contributed by atoms with E-state index in [1.165, 1.54) is 7.11 Å². The van der Waals surface area contributed by atoms with Gasteiger partial charge in [0.15, 0.2) is 11.5 Å². The van der Waals surface area contributed by atoms with Gasteiger partial charge in [0.1, 0.15) is 5.54 Å². The van der Waals surface area contributed by atoms with Crippen LogP contribution in [0.1, 0.15) is 41.1 Å². The van der Waals surface area contributed by atoms with Crippen LogP contribution in [0.5, 0.6) is 11.5 Å². The van der Waals surface area contributed by atoms with E-state index in [0.717, 1.165) is 24.8 Å². The highest BCUT2D eigenvalue weighted by Crippen LogP contribution is 2.59. The third-order valence-electron chi connectivity index (χ3n) is 6.73. The first-order valence-electron chi connectivity index (χ1n) is 10.2. The van der Waals surface area contributed by atoms with Gasteiger partial charge in [0, 0.05) is 11.5 Å². The number of carbonyl (C=O) groups is 2. The van der Waals surface area contributed by atoms with E-state index in [2.05, 4.69) is 5.32 Å². The SMILES string of the molecule is COC(=O)[C@]1(NC(=O)c2ccccc2)[C@@H]2CC[C@@H](C2)[C@H]1c1ccc(OC)c(OC)c1. The normalized spacial score (nSPS) is 26.8. The predicted octanol–water partition coefficient (Wildman–Crippen LogP) is 3.56. The van der Waals surface area contributed by atoms with Crippen molar-refractivity contribution in [2.24, 2.45) is 11.8 Å². The van der Waals surface area contributed by atoms with Gasteiger partial charge < -0.3 is 19.5 Å². The third-order valence-corrected chi connectivity index (χ3v) is 6.73. The highest BCUT2D eigenvalue weighted by Gasteiger charge is 2.64. The van der Waals surface area contributed by atoms with Gasteiger partial charge in [-0.1, -0.05) is 24.3 Å². The Kier molecular flexibility index (Phi) is 5.41. The van der Waals surface area contributed by atoms with Gasteiger partial charge in [-0.2, -0.15) is 0 Å². The Labute approximate surface area is 176 Å². The number of hydrogen-bond acceptors (Lipinski definition) is 5. The molecule has 0 unspecified atom stereocenters. The van der Waals surface area contributed by atoms with Crippen LogP contribution in [0.3, 0.4) is 0 Å². The average molecular weight is 409 g/mol. The molecule has 30 heavy (non-hydrogen) atoms. The second kappa shape index (κ2) is 8.01. The van der Waals surface area contributed by atoms with E-state index in [-0.39, 0.29) is 23.7 Å². The molecule has 2 aliphatic carbocycles. The molecule has 4 rings (SSSR count). The van der Waals surface area contributed by atoms with E-state index in [1.54, 1.807) is 26.4 Å². The minimum Gasteiger partial charge on any atom is -0.493 e. The van der Waals surface area contributed by atoms with Crippen molar-refractivity contribution < 1.29 is 23.8 Å². The highest BCUT2D eigenvalue weighted by molar-refractivity contribution is 5.99. The summed E-state index contributed by atoms with van der Waals surface area (Å²) >= 11 is 0. The maximum atomic E-state index is 13.3. The topological polar surface area (TPSA) is 73.9 Å². The Hall–Kier alpha value is -3.02. The lowest BCUT2D eigenvalue weighted by molar-refractivity contribution is -0.151. The Balaban J connectivity index is 1.79. The van der Waals surface area contributed by atoms with Gasteiger partial charge in [-0.25, -0.2) is 4.79 Å². The summed E-state index contributed by atoms with van der Waals surface area (Å²) in [4.78, 5) is 26.4. The fourth-order valence-electron chi connectivity index (χ4n) is 5.48. The van der Waals surface area contributed by atoms with Crippen LogP contribution in [0.25, 0.3) is 0 Å². The maximum Gasteiger partial charge on any atom is 0.332 e. The number of amides is 1. The first-order valence-corrected chi connectivity index (χ1v) is 10.2. The minimum atomic E-state index is -1.11. The largest absolute Gasteiger partial charge is 0.493 e. The molecule has 2 aromatic carbocycles. The maximum absolute atomic E-state index is 13.3. The fraction of sp³-hybridized carbons (Fsp3) is 0.417. The van der Waals surface area contributed by atoms with E-state index in [9.17, 15) is 9.59 Å². The molecule has 1 N–H and O–H groups in total. The molecule has 1 amide bonds. The number of nitrogens with one attached hydrogen (secondary N) is 1. The second-order valence-electron chi connectivity index (χ2n) is 8.04. The van der Waals surface area contributed by atoms with Crippen molar-refractivity contribution in [1.29, 1.82) is 0 Å². The second-order valence-corrected chi connectivity index (χ2v) is 8.04. The third kappa shape index (κ3) is 3.11. The predicted molar refractivity (Wildman–Crippen MR) is 112 cm³/mol. The zero-order valence-electron chi connectivity index (χ0n) is 17.5. The molecule has 0 spiro atoms. The smallest absolute Gasteiger partial charge is 0.332 e. The number of esters is 1. The van der Waals surface area contributed by atoms with Crippen molar-refractivity contribution >= 4 is 11.9 Å². The molecule has 2 aromatic rings. The Bertz CT molecular complexity index is 944. The number of carbonyl (C=O) groups excluding carboxylic acids is 2. The number of ether oxygens (including phenoxy) is 3. The number of rotatable bonds is 6. The zero-order chi connectivity index (χ0) is 21.3. The van der Waals surface area contributed by atoms with E-state index in [4.69, 9.17) is 14.2 Å². The van der Waals surface area contributed by atoms with E-state index >= 15 is 0 Å². The number of methoxy groups -OCH3 is 3. The lowest BCUT2D eigenvalue weighted by Crippen LogP contribution is -2.62. The summed E-state index contributed by atoms with van der Waals surface area (Å²) in [5.74, 6) is 0.685. The van der Waals surface area contributed by atoms with Crippen molar-refractivity contribution in [1.82, 2.24) is 5.32 Å². The molecule has 0 aromatic heterocycles.